The molecular weight excluding hydrogens is 322 g/mol. The summed E-state index contributed by atoms with van der Waals surface area (Å²) in [5.41, 5.74) is 3.31. The van der Waals surface area contributed by atoms with Gasteiger partial charge in [-0.3, -0.25) is 9.78 Å². The normalized spacial score (nSPS) is 15.4. The van der Waals surface area contributed by atoms with Crippen LogP contribution in [0.15, 0.2) is 36.7 Å². The number of hydrogen-bond acceptors (Lipinski definition) is 3. The molecule has 0 saturated carbocycles. The number of aromatic nitrogens is 1. The predicted octanol–water partition coefficient (Wildman–Crippen LogP) is 4.66. The molecule has 2 heterocycles. The third-order valence-electron chi connectivity index (χ3n) is 4.52. The van der Waals surface area contributed by atoms with Crippen molar-refractivity contribution in [2.45, 2.75) is 26.7 Å². The van der Waals surface area contributed by atoms with Crippen LogP contribution < -0.4 is 5.32 Å². The van der Waals surface area contributed by atoms with Crippen molar-refractivity contribution in [3.05, 3.63) is 52.8 Å². The number of likely N-dealkylation sites (tertiary alicyclic amines) is 1. The van der Waals surface area contributed by atoms with Gasteiger partial charge in [-0.2, -0.15) is 0 Å². The number of anilines is 2. The van der Waals surface area contributed by atoms with E-state index >= 15 is 0 Å². The van der Waals surface area contributed by atoms with Crippen molar-refractivity contribution >= 4 is 28.9 Å². The Hall–Kier alpha value is -2.07. The largest absolute Gasteiger partial charge is 0.354 e. The van der Waals surface area contributed by atoms with Crippen LogP contribution in [0.2, 0.25) is 5.02 Å². The quantitative estimate of drug-likeness (QED) is 0.881. The van der Waals surface area contributed by atoms with E-state index in [0.717, 1.165) is 42.9 Å². The van der Waals surface area contributed by atoms with Crippen molar-refractivity contribution < 1.29 is 4.79 Å². The van der Waals surface area contributed by atoms with Crippen LogP contribution in [0.3, 0.4) is 0 Å². The van der Waals surface area contributed by atoms with Crippen molar-refractivity contribution in [2.24, 2.45) is 5.92 Å². The van der Waals surface area contributed by atoms with Gasteiger partial charge in [0, 0.05) is 30.0 Å². The lowest BCUT2D eigenvalue weighted by atomic mass is 9.99. The molecule has 1 fully saturated rings. The Bertz CT molecular complexity index is 739. The minimum absolute atomic E-state index is 0.0555. The summed E-state index contributed by atoms with van der Waals surface area (Å²) in [6.45, 7) is 5.85. The van der Waals surface area contributed by atoms with Crippen LogP contribution in [0.5, 0.6) is 0 Å². The van der Waals surface area contributed by atoms with Gasteiger partial charge in [-0.15, -0.1) is 0 Å². The Morgan fingerprint density at radius 3 is 2.67 bits per heavy atom. The summed E-state index contributed by atoms with van der Waals surface area (Å²) in [5, 5.41) is 3.97. The van der Waals surface area contributed by atoms with Gasteiger partial charge in [0.1, 0.15) is 0 Å². The Morgan fingerprint density at radius 1 is 1.21 bits per heavy atom. The number of carbonyl (C=O) groups excluding carboxylic acids is 1. The lowest BCUT2D eigenvalue weighted by Gasteiger charge is -2.30. The molecule has 1 aliphatic rings. The molecule has 1 aliphatic heterocycles. The number of rotatable bonds is 3. The number of amides is 1. The first kappa shape index (κ1) is 16.8. The zero-order valence-electron chi connectivity index (χ0n) is 14.1. The average molecular weight is 344 g/mol. The van der Waals surface area contributed by atoms with Gasteiger partial charge in [0.15, 0.2) is 0 Å². The molecule has 1 saturated heterocycles. The molecule has 5 heteroatoms. The Kier molecular flexibility index (Phi) is 5.05. The van der Waals surface area contributed by atoms with Gasteiger partial charge in [0.2, 0.25) is 0 Å². The van der Waals surface area contributed by atoms with Gasteiger partial charge in [0.05, 0.1) is 17.4 Å². The molecule has 126 valence electrons. The maximum Gasteiger partial charge on any atom is 0.255 e. The minimum atomic E-state index is 0.0555. The topological polar surface area (TPSA) is 45.2 Å². The molecule has 0 bridgehead atoms. The van der Waals surface area contributed by atoms with Gasteiger partial charge in [-0.1, -0.05) is 24.6 Å². The first-order chi connectivity index (χ1) is 11.5. The molecule has 0 atom stereocenters. The molecule has 1 aromatic heterocycles. The van der Waals surface area contributed by atoms with E-state index in [1.807, 2.05) is 36.1 Å². The maximum atomic E-state index is 12.6. The van der Waals surface area contributed by atoms with E-state index in [-0.39, 0.29) is 5.91 Å². The van der Waals surface area contributed by atoms with E-state index in [0.29, 0.717) is 16.5 Å². The zero-order valence-corrected chi connectivity index (χ0v) is 14.8. The number of hydrogen-bond donors (Lipinski definition) is 1. The number of pyridine rings is 1. The Labute approximate surface area is 147 Å². The summed E-state index contributed by atoms with van der Waals surface area (Å²) in [6, 6.07) is 7.64. The summed E-state index contributed by atoms with van der Waals surface area (Å²) in [7, 11) is 0. The molecule has 2 aromatic rings. The summed E-state index contributed by atoms with van der Waals surface area (Å²) in [5.74, 6) is 0.756. The molecule has 1 N–H and O–H groups in total. The number of nitrogens with zero attached hydrogens (tertiary/aromatic N) is 2. The molecular formula is C19H22ClN3O. The summed E-state index contributed by atoms with van der Waals surface area (Å²) in [4.78, 5) is 18.8. The molecule has 1 aromatic carbocycles. The van der Waals surface area contributed by atoms with Crippen LogP contribution in [0, 0.1) is 12.8 Å². The van der Waals surface area contributed by atoms with E-state index in [4.69, 9.17) is 11.6 Å². The molecule has 0 aliphatic carbocycles. The number of nitrogens with one attached hydrogen (secondary N) is 1. The molecule has 0 radical (unpaired) electrons. The number of carbonyl (C=O) groups is 1. The lowest BCUT2D eigenvalue weighted by Crippen LogP contribution is -2.37. The van der Waals surface area contributed by atoms with Crippen molar-refractivity contribution in [3.63, 3.8) is 0 Å². The van der Waals surface area contributed by atoms with Crippen LogP contribution in [0.1, 0.15) is 35.7 Å². The van der Waals surface area contributed by atoms with Crippen LogP contribution in [-0.4, -0.2) is 28.9 Å². The van der Waals surface area contributed by atoms with E-state index in [2.05, 4.69) is 17.2 Å². The first-order valence-corrected chi connectivity index (χ1v) is 8.68. The number of benzene rings is 1. The van der Waals surface area contributed by atoms with Crippen molar-refractivity contribution in [2.75, 3.05) is 18.4 Å². The van der Waals surface area contributed by atoms with Crippen LogP contribution in [-0.2, 0) is 0 Å². The second-order valence-corrected chi connectivity index (χ2v) is 6.93. The van der Waals surface area contributed by atoms with E-state index in [1.54, 1.807) is 12.4 Å². The lowest BCUT2D eigenvalue weighted by molar-refractivity contribution is 0.0697. The van der Waals surface area contributed by atoms with Gasteiger partial charge >= 0.3 is 0 Å². The third kappa shape index (κ3) is 3.88. The number of halogens is 1. The van der Waals surface area contributed by atoms with E-state index < -0.39 is 0 Å². The molecule has 1 amide bonds. The maximum absolute atomic E-state index is 12.6. The highest BCUT2D eigenvalue weighted by Crippen LogP contribution is 2.24. The molecule has 0 unspecified atom stereocenters. The second kappa shape index (κ2) is 7.22. The highest BCUT2D eigenvalue weighted by Gasteiger charge is 2.21. The summed E-state index contributed by atoms with van der Waals surface area (Å²) in [6.07, 6.45) is 5.48. The highest BCUT2D eigenvalue weighted by atomic mass is 35.5. The Morgan fingerprint density at radius 2 is 1.96 bits per heavy atom. The smallest absolute Gasteiger partial charge is 0.255 e. The van der Waals surface area contributed by atoms with Gasteiger partial charge in [-0.05, 0) is 49.4 Å². The number of aryl methyl sites for hydroxylation is 1. The fraction of sp³-hybridized carbons (Fsp3) is 0.368. The average Bonchev–Trinajstić information content (AvgIpc) is 2.58. The SMILES string of the molecule is Cc1ccc(Nc2cncc(C(=O)N3CCC(C)CC3)c2)cc1Cl. The third-order valence-corrected chi connectivity index (χ3v) is 4.92. The predicted molar refractivity (Wildman–Crippen MR) is 98.0 cm³/mol. The zero-order chi connectivity index (χ0) is 17.1. The van der Waals surface area contributed by atoms with Gasteiger partial charge < -0.3 is 10.2 Å². The van der Waals surface area contributed by atoms with E-state index in [1.165, 1.54) is 0 Å². The molecule has 24 heavy (non-hydrogen) atoms. The Balaban J connectivity index is 1.73. The molecule has 3 rings (SSSR count). The summed E-state index contributed by atoms with van der Waals surface area (Å²) >= 11 is 6.16. The minimum Gasteiger partial charge on any atom is -0.354 e. The number of piperidine rings is 1. The van der Waals surface area contributed by atoms with Crippen LogP contribution in [0.25, 0.3) is 0 Å². The highest BCUT2D eigenvalue weighted by molar-refractivity contribution is 6.31. The fourth-order valence-corrected chi connectivity index (χ4v) is 3.04. The summed E-state index contributed by atoms with van der Waals surface area (Å²) < 4.78 is 0. The standard InChI is InChI=1S/C19H22ClN3O/c1-13-5-7-23(8-6-13)19(24)15-9-17(12-21-11-15)22-16-4-3-14(2)18(20)10-16/h3-4,9-13,22H,5-8H2,1-2H3. The van der Waals surface area contributed by atoms with Gasteiger partial charge in [0.25, 0.3) is 5.91 Å². The monoisotopic (exact) mass is 343 g/mol. The molecule has 0 spiro atoms. The van der Waals surface area contributed by atoms with Crippen molar-refractivity contribution in [1.29, 1.82) is 0 Å². The first-order valence-electron chi connectivity index (χ1n) is 8.30. The van der Waals surface area contributed by atoms with E-state index in [9.17, 15) is 4.79 Å². The van der Waals surface area contributed by atoms with Crippen LogP contribution >= 0.6 is 11.6 Å². The van der Waals surface area contributed by atoms with Crippen molar-refractivity contribution in [1.82, 2.24) is 9.88 Å². The van der Waals surface area contributed by atoms with Gasteiger partial charge in [-0.25, -0.2) is 0 Å². The fourth-order valence-electron chi connectivity index (χ4n) is 2.86. The van der Waals surface area contributed by atoms with Crippen molar-refractivity contribution in [3.8, 4) is 0 Å². The van der Waals surface area contributed by atoms with Crippen LogP contribution in [0.4, 0.5) is 11.4 Å². The molecule has 4 nitrogen and oxygen atoms in total. The second-order valence-electron chi connectivity index (χ2n) is 6.53.